The van der Waals surface area contributed by atoms with Crippen LogP contribution in [0.25, 0.3) is 32.7 Å². The van der Waals surface area contributed by atoms with Gasteiger partial charge >= 0.3 is 0 Å². The quantitative estimate of drug-likeness (QED) is 0.0386. The van der Waals surface area contributed by atoms with Gasteiger partial charge in [-0.05, 0) is 257 Å². The first-order chi connectivity index (χ1) is 55.6. The highest BCUT2D eigenvalue weighted by molar-refractivity contribution is 7.90. The van der Waals surface area contributed by atoms with Crippen molar-refractivity contribution in [3.8, 4) is 23.0 Å². The molecule has 0 aliphatic rings. The molecular formula is C88H85Cl6N7O13S3. The fourth-order valence-corrected chi connectivity index (χ4v) is 17.0. The lowest BCUT2D eigenvalue weighted by Gasteiger charge is -2.13. The highest BCUT2D eigenvalue weighted by atomic mass is 35.5. The van der Waals surface area contributed by atoms with Gasteiger partial charge in [-0.2, -0.15) is 0 Å². The molecule has 13 rings (SSSR count). The Morgan fingerprint density at radius 1 is 0.393 bits per heavy atom. The van der Waals surface area contributed by atoms with Crippen LogP contribution < -0.4 is 33.1 Å². The summed E-state index contributed by atoms with van der Waals surface area (Å²) in [6.45, 7) is 13.4. The maximum atomic E-state index is 13.6. The first-order valence-electron chi connectivity index (χ1n) is 37.0. The van der Waals surface area contributed by atoms with Crippen LogP contribution in [0.1, 0.15) is 112 Å². The summed E-state index contributed by atoms with van der Waals surface area (Å²) < 4.78 is 111. The number of hydrogen-bond acceptors (Lipinski definition) is 14. The zero-order chi connectivity index (χ0) is 84.2. The second-order valence-electron chi connectivity index (χ2n) is 28.1. The summed E-state index contributed by atoms with van der Waals surface area (Å²) in [5.41, 5.74) is 12.6. The smallest absolute Gasteiger partial charge is 0.281 e. The number of benzene rings is 9. The van der Waals surface area contributed by atoms with Gasteiger partial charge in [0.15, 0.2) is 0 Å². The molecule has 0 aliphatic carbocycles. The summed E-state index contributed by atoms with van der Waals surface area (Å²) in [6, 6.07) is 54.6. The number of carbonyl (C=O) groups excluding carboxylic acids is 3. The summed E-state index contributed by atoms with van der Waals surface area (Å²) in [5.74, 6) is 0.551. The average Bonchev–Trinajstić information content (AvgIpc) is 1.60. The van der Waals surface area contributed by atoms with Gasteiger partial charge in [0.25, 0.3) is 37.8 Å². The maximum Gasteiger partial charge on any atom is 0.281 e. The topological polar surface area (TPSA) is 254 Å². The molecule has 4 aromatic heterocycles. The largest absolute Gasteiger partial charge is 0.494 e. The lowest BCUT2D eigenvalue weighted by molar-refractivity contribution is 0.0963. The van der Waals surface area contributed by atoms with Crippen molar-refractivity contribution in [1.29, 1.82) is 0 Å². The molecule has 9 aromatic carbocycles. The molecule has 20 nitrogen and oxygen atoms in total. The summed E-state index contributed by atoms with van der Waals surface area (Å²) >= 11 is 37.6. The minimum absolute atomic E-state index is 0.0173. The van der Waals surface area contributed by atoms with Gasteiger partial charge in [-0.3, -0.25) is 19.4 Å². The zero-order valence-corrected chi connectivity index (χ0v) is 72.4. The first-order valence-corrected chi connectivity index (χ1v) is 44.2. The molecular weight excluding hydrogens is 1670 g/mol. The lowest BCUT2D eigenvalue weighted by Crippen LogP contribution is -2.32. The van der Waals surface area contributed by atoms with E-state index in [1.165, 1.54) is 24.3 Å². The first kappa shape index (κ1) is 87.8. The summed E-state index contributed by atoms with van der Waals surface area (Å²) in [5, 5.41) is 6.17. The Kier molecular flexibility index (Phi) is 28.9. The molecule has 0 atom stereocenters. The highest BCUT2D eigenvalue weighted by Crippen LogP contribution is 2.36. The molecule has 0 fully saturated rings. The predicted molar refractivity (Wildman–Crippen MR) is 466 cm³/mol. The van der Waals surface area contributed by atoms with Crippen LogP contribution in [0.5, 0.6) is 23.0 Å². The van der Waals surface area contributed by atoms with E-state index < -0.39 is 47.8 Å². The second kappa shape index (κ2) is 38.6. The monoisotopic (exact) mass is 1750 g/mol. The SMILES string of the molecule is Cc1cc(OCCCc2c(C(=O)NS(=O)(=O)c3ccc(OCc4ccccc4)cc3)n(C)c3cc(Cl)ccc23)cc(C)c1Cl.Cc1cc(OCCCc2c(C(=O)NS(=O)(=O)c3ccccc3)n(C)c3cc(Cl)ccc23)cc(C)c1Cl.Cc1cc(OCCCc2c(C(=O)NS(C)(=O)=O)n(Cc3cccnc3)c3cc(Cl)ccc23)cc(C)c1Cl. The standard InChI is InChI=1S/C34H32Cl2N2O5S.C27H27Cl2N3O4S.C27H26Cl2N2O4S/c1-22-18-27(19-23(2)32(22)36)42-17-7-10-30-29-16-11-25(35)20-31(29)38(3)33(30)34(39)37-44(40,41)28-14-12-26(13-15-28)43-21-24-8-5-4-6-9-24;1-17-12-21(13-18(2)25(17)29)36-11-5-7-23-22-9-8-20(28)14-24(22)32(16-19-6-4-10-30-15-19)26(23)27(33)31-37(3,34)35;1-17-14-20(15-18(2)25(17)29)35-13-7-10-23-22-12-11-19(28)16-24(22)31(3)26(23)27(32)30-36(33,34)21-8-5-4-6-9-21/h4-6,8-9,11-16,18-20H,7,10,17,21H2,1-3H3,(H,37,39);4,6,8-10,12-15H,5,7,11,16H2,1-3H3,(H,31,33);4-6,8-9,11-12,14-16H,7,10,13H2,1-3H3,(H,30,32). The Morgan fingerprint density at radius 3 is 1.15 bits per heavy atom. The number of amides is 3. The minimum Gasteiger partial charge on any atom is -0.494 e. The van der Waals surface area contributed by atoms with E-state index in [0.717, 1.165) is 117 Å². The molecule has 117 heavy (non-hydrogen) atoms. The molecule has 0 saturated carbocycles. The number of carbonyl (C=O) groups is 3. The third-order valence-corrected chi connectivity index (χ3v) is 25.0. The van der Waals surface area contributed by atoms with Crippen molar-refractivity contribution in [2.75, 3.05) is 26.1 Å². The van der Waals surface area contributed by atoms with Gasteiger partial charge in [-0.25, -0.2) is 39.4 Å². The number of sulfonamides is 3. The summed E-state index contributed by atoms with van der Waals surface area (Å²) in [4.78, 5) is 44.3. The number of aryl methyl sites for hydroxylation is 11. The molecule has 0 aliphatic heterocycles. The van der Waals surface area contributed by atoms with Crippen LogP contribution in [0.15, 0.2) is 210 Å². The van der Waals surface area contributed by atoms with Crippen molar-refractivity contribution in [1.82, 2.24) is 32.9 Å². The van der Waals surface area contributed by atoms with Crippen molar-refractivity contribution in [2.24, 2.45) is 14.1 Å². The van der Waals surface area contributed by atoms with E-state index in [1.807, 2.05) is 139 Å². The Balaban J connectivity index is 0.000000173. The molecule has 29 heteroatoms. The number of halogens is 6. The van der Waals surface area contributed by atoms with Crippen LogP contribution in [0.3, 0.4) is 0 Å². The third-order valence-electron chi connectivity index (χ3n) is 19.3. The van der Waals surface area contributed by atoms with Crippen LogP contribution in [-0.2, 0) is 76.6 Å². The predicted octanol–water partition coefficient (Wildman–Crippen LogP) is 19.8. The van der Waals surface area contributed by atoms with Gasteiger partial charge in [0, 0.05) is 79.3 Å². The van der Waals surface area contributed by atoms with Gasteiger partial charge < -0.3 is 32.6 Å². The number of fused-ring (bicyclic) bond motifs is 3. The molecule has 13 aromatic rings. The number of aromatic nitrogens is 4. The second-order valence-corrected chi connectivity index (χ2v) is 35.7. The molecule has 0 unspecified atom stereocenters. The summed E-state index contributed by atoms with van der Waals surface area (Å²) in [7, 11) is -8.55. The van der Waals surface area contributed by atoms with E-state index in [2.05, 4.69) is 19.2 Å². The van der Waals surface area contributed by atoms with Crippen LogP contribution in [0.4, 0.5) is 0 Å². The van der Waals surface area contributed by atoms with E-state index in [4.69, 9.17) is 88.6 Å². The Hall–Kier alpha value is -10.1. The van der Waals surface area contributed by atoms with Gasteiger partial charge in [0.1, 0.15) is 46.7 Å². The van der Waals surface area contributed by atoms with Crippen LogP contribution in [-0.4, -0.2) is 87.7 Å². The van der Waals surface area contributed by atoms with Gasteiger partial charge in [-0.1, -0.05) is 142 Å². The molecule has 0 spiro atoms. The van der Waals surface area contributed by atoms with Crippen molar-refractivity contribution in [3.05, 3.63) is 309 Å². The fourth-order valence-electron chi connectivity index (χ4n) is 13.8. The van der Waals surface area contributed by atoms with E-state index >= 15 is 0 Å². The van der Waals surface area contributed by atoms with E-state index in [0.29, 0.717) is 108 Å². The normalized spacial score (nSPS) is 11.5. The number of pyridine rings is 1. The van der Waals surface area contributed by atoms with E-state index in [9.17, 15) is 39.6 Å². The Morgan fingerprint density at radius 2 is 0.752 bits per heavy atom. The Bertz CT molecular complexity index is 6160. The molecule has 0 bridgehead atoms. The Labute approximate surface area is 711 Å². The average molecular weight is 1760 g/mol. The number of hydrogen-bond donors (Lipinski definition) is 3. The van der Waals surface area contributed by atoms with Gasteiger partial charge in [0.2, 0.25) is 10.0 Å². The van der Waals surface area contributed by atoms with Gasteiger partial charge in [-0.15, -0.1) is 0 Å². The van der Waals surface area contributed by atoms with Crippen LogP contribution >= 0.6 is 69.6 Å². The number of nitrogens with zero attached hydrogens (tertiary/aromatic N) is 4. The fraction of sp³-hybridized carbons (Fsp3) is 0.227. The molecule has 3 N–H and O–H groups in total. The minimum atomic E-state index is -4.17. The maximum absolute atomic E-state index is 13.6. The molecule has 4 heterocycles. The van der Waals surface area contributed by atoms with Crippen molar-refractivity contribution >= 4 is 150 Å². The van der Waals surface area contributed by atoms with E-state index in [1.54, 1.807) is 107 Å². The number of rotatable bonds is 28. The molecule has 0 radical (unpaired) electrons. The van der Waals surface area contributed by atoms with Crippen LogP contribution in [0, 0.1) is 41.5 Å². The number of ether oxygens (including phenoxy) is 4. The summed E-state index contributed by atoms with van der Waals surface area (Å²) in [6.07, 6.45) is 7.57. The zero-order valence-electron chi connectivity index (χ0n) is 65.4. The van der Waals surface area contributed by atoms with Crippen LogP contribution in [0.2, 0.25) is 30.1 Å². The van der Waals surface area contributed by atoms with Crippen molar-refractivity contribution in [2.45, 2.75) is 103 Å². The highest BCUT2D eigenvalue weighted by Gasteiger charge is 2.30. The number of nitrogens with one attached hydrogen (secondary N) is 3. The van der Waals surface area contributed by atoms with E-state index in [-0.39, 0.29) is 26.9 Å². The lowest BCUT2D eigenvalue weighted by atomic mass is 10.1. The van der Waals surface area contributed by atoms with Crippen molar-refractivity contribution < 1.29 is 58.6 Å². The molecule has 3 amide bonds. The molecule has 610 valence electrons. The van der Waals surface area contributed by atoms with Gasteiger partial charge in [0.05, 0.1) is 52.4 Å². The molecule has 0 saturated heterocycles. The van der Waals surface area contributed by atoms with Crippen molar-refractivity contribution in [3.63, 3.8) is 0 Å². The third kappa shape index (κ3) is 22.0.